The van der Waals surface area contributed by atoms with E-state index in [0.29, 0.717) is 0 Å². The highest BCUT2D eigenvalue weighted by Crippen LogP contribution is 2.64. The SMILES string of the molecule is Nc1ccc(-c2ccc3c(c2)-c2c(-c4c5ccccc5c(-c5ccccc5)c5ccccc45)cccc2C32c3ccccc3Sc3ccccc32)cc1. The zero-order chi connectivity index (χ0) is 35.1. The van der Waals surface area contributed by atoms with E-state index in [2.05, 4.69) is 176 Å². The van der Waals surface area contributed by atoms with Crippen molar-refractivity contribution in [2.24, 2.45) is 0 Å². The summed E-state index contributed by atoms with van der Waals surface area (Å²) >= 11 is 1.89. The molecule has 0 saturated carbocycles. The van der Waals surface area contributed by atoms with Gasteiger partial charge in [-0.15, -0.1) is 0 Å². The second-order valence-corrected chi connectivity index (χ2v) is 15.2. The van der Waals surface area contributed by atoms with Crippen molar-refractivity contribution >= 4 is 39.0 Å². The average molecular weight is 692 g/mol. The highest BCUT2D eigenvalue weighted by atomic mass is 32.2. The summed E-state index contributed by atoms with van der Waals surface area (Å²) in [6.07, 6.45) is 0. The van der Waals surface area contributed by atoms with E-state index in [1.807, 2.05) is 23.9 Å². The molecule has 2 heteroatoms. The standard InChI is InChI=1S/C51H33NS/c52-35-28-25-32(26-29-35)34-27-30-42-41(31-34)50-40(19-12-22-45(50)51(42)43-20-8-10-23-46(43)53-47-24-11-9-21-44(47)51)49-38-17-6-4-15-36(38)48(33-13-2-1-3-14-33)37-16-5-7-18-39(37)49/h1-31H,52H2. The second kappa shape index (κ2) is 11.6. The number of anilines is 1. The van der Waals surface area contributed by atoms with Crippen molar-refractivity contribution in [3.63, 3.8) is 0 Å². The highest BCUT2D eigenvalue weighted by Gasteiger charge is 2.51. The largest absolute Gasteiger partial charge is 0.399 e. The summed E-state index contributed by atoms with van der Waals surface area (Å²) in [5.41, 5.74) is 21.8. The summed E-state index contributed by atoms with van der Waals surface area (Å²) in [6.45, 7) is 0. The third kappa shape index (κ3) is 4.27. The molecule has 1 spiro atoms. The fourth-order valence-corrected chi connectivity index (χ4v) is 10.5. The maximum atomic E-state index is 6.16. The molecule has 1 nitrogen and oxygen atoms in total. The summed E-state index contributed by atoms with van der Waals surface area (Å²) in [7, 11) is 0. The van der Waals surface area contributed by atoms with Crippen LogP contribution in [0.4, 0.5) is 5.69 Å². The number of hydrogen-bond acceptors (Lipinski definition) is 2. The van der Waals surface area contributed by atoms with E-state index in [4.69, 9.17) is 5.73 Å². The maximum absolute atomic E-state index is 6.16. The predicted octanol–water partition coefficient (Wildman–Crippen LogP) is 13.4. The Balaban J connectivity index is 1.31. The van der Waals surface area contributed by atoms with E-state index in [-0.39, 0.29) is 0 Å². The molecule has 2 aliphatic rings. The van der Waals surface area contributed by atoms with Gasteiger partial charge in [0.15, 0.2) is 0 Å². The van der Waals surface area contributed by atoms with Gasteiger partial charge < -0.3 is 5.73 Å². The molecule has 0 radical (unpaired) electrons. The van der Waals surface area contributed by atoms with Gasteiger partial charge in [-0.1, -0.05) is 169 Å². The lowest BCUT2D eigenvalue weighted by Crippen LogP contribution is -2.31. The van der Waals surface area contributed by atoms with Crippen molar-refractivity contribution in [2.75, 3.05) is 5.73 Å². The third-order valence-corrected chi connectivity index (χ3v) is 12.6. The molecule has 0 aromatic heterocycles. The minimum atomic E-state index is -0.478. The molecule has 1 aliphatic carbocycles. The lowest BCUT2D eigenvalue weighted by molar-refractivity contribution is 0.722. The third-order valence-electron chi connectivity index (χ3n) is 11.5. The van der Waals surface area contributed by atoms with Crippen molar-refractivity contribution in [1.29, 1.82) is 0 Å². The highest BCUT2D eigenvalue weighted by molar-refractivity contribution is 7.99. The lowest BCUT2D eigenvalue weighted by Gasteiger charge is -2.39. The van der Waals surface area contributed by atoms with Crippen molar-refractivity contribution in [3.8, 4) is 44.5 Å². The molecule has 0 saturated heterocycles. The molecule has 0 fully saturated rings. The van der Waals surface area contributed by atoms with E-state index in [1.165, 1.54) is 92.5 Å². The summed E-state index contributed by atoms with van der Waals surface area (Å²) in [5, 5.41) is 5.04. The molecule has 53 heavy (non-hydrogen) atoms. The van der Waals surface area contributed by atoms with Crippen LogP contribution < -0.4 is 5.73 Å². The molecule has 248 valence electrons. The van der Waals surface area contributed by atoms with Gasteiger partial charge in [-0.2, -0.15) is 0 Å². The Bertz CT molecular complexity index is 2820. The van der Waals surface area contributed by atoms with Gasteiger partial charge in [-0.3, -0.25) is 0 Å². The molecule has 11 rings (SSSR count). The molecule has 1 heterocycles. The van der Waals surface area contributed by atoms with Crippen molar-refractivity contribution in [3.05, 3.63) is 210 Å². The first kappa shape index (κ1) is 30.3. The van der Waals surface area contributed by atoms with Crippen LogP contribution in [-0.4, -0.2) is 0 Å². The molecular formula is C51H33NS. The Kier molecular flexibility index (Phi) is 6.62. The lowest BCUT2D eigenvalue weighted by atomic mass is 9.67. The fourth-order valence-electron chi connectivity index (χ4n) is 9.35. The van der Waals surface area contributed by atoms with Gasteiger partial charge >= 0.3 is 0 Å². The number of fused-ring (bicyclic) bond motifs is 11. The molecule has 9 aromatic rings. The van der Waals surface area contributed by atoms with Crippen LogP contribution in [0.25, 0.3) is 66.1 Å². The minimum Gasteiger partial charge on any atom is -0.399 e. The smallest absolute Gasteiger partial charge is 0.0735 e. The first-order valence-electron chi connectivity index (χ1n) is 18.2. The molecule has 0 unspecified atom stereocenters. The maximum Gasteiger partial charge on any atom is 0.0735 e. The van der Waals surface area contributed by atoms with Gasteiger partial charge in [-0.25, -0.2) is 0 Å². The van der Waals surface area contributed by atoms with E-state index in [0.717, 1.165) is 11.3 Å². The van der Waals surface area contributed by atoms with Crippen LogP contribution in [0.15, 0.2) is 198 Å². The van der Waals surface area contributed by atoms with Gasteiger partial charge in [0.1, 0.15) is 0 Å². The van der Waals surface area contributed by atoms with Gasteiger partial charge in [0.05, 0.1) is 5.41 Å². The second-order valence-electron chi connectivity index (χ2n) is 14.2. The molecular weight excluding hydrogens is 659 g/mol. The van der Waals surface area contributed by atoms with Gasteiger partial charge in [0, 0.05) is 15.5 Å². The van der Waals surface area contributed by atoms with E-state index >= 15 is 0 Å². The molecule has 1 aliphatic heterocycles. The minimum absolute atomic E-state index is 0.478. The van der Waals surface area contributed by atoms with E-state index in [1.54, 1.807) is 0 Å². The molecule has 0 bridgehead atoms. The van der Waals surface area contributed by atoms with Crippen LogP contribution in [-0.2, 0) is 5.41 Å². The average Bonchev–Trinajstić information content (AvgIpc) is 3.51. The van der Waals surface area contributed by atoms with Crippen molar-refractivity contribution < 1.29 is 0 Å². The first-order chi connectivity index (χ1) is 26.2. The molecule has 0 atom stereocenters. The van der Waals surface area contributed by atoms with Crippen molar-refractivity contribution in [2.45, 2.75) is 15.2 Å². The van der Waals surface area contributed by atoms with Crippen LogP contribution in [0.5, 0.6) is 0 Å². The number of benzene rings is 9. The predicted molar refractivity (Wildman–Crippen MR) is 224 cm³/mol. The van der Waals surface area contributed by atoms with Crippen LogP contribution in [0.2, 0.25) is 0 Å². The first-order valence-corrected chi connectivity index (χ1v) is 19.0. The number of nitrogen functional groups attached to an aromatic ring is 1. The molecule has 2 N–H and O–H groups in total. The van der Waals surface area contributed by atoms with Gasteiger partial charge in [-0.05, 0) is 119 Å². The molecule has 0 amide bonds. The Labute approximate surface area is 313 Å². The monoisotopic (exact) mass is 691 g/mol. The summed E-state index contributed by atoms with van der Waals surface area (Å²) in [4.78, 5) is 2.61. The Morgan fingerprint density at radius 2 is 0.868 bits per heavy atom. The topological polar surface area (TPSA) is 26.0 Å². The van der Waals surface area contributed by atoms with Crippen molar-refractivity contribution in [1.82, 2.24) is 0 Å². The van der Waals surface area contributed by atoms with Crippen LogP contribution in [0, 0.1) is 0 Å². The quantitative estimate of drug-likeness (QED) is 0.147. The summed E-state index contributed by atoms with van der Waals surface area (Å²) in [6, 6.07) is 69.4. The van der Waals surface area contributed by atoms with E-state index < -0.39 is 5.41 Å². The molecule has 9 aromatic carbocycles. The Hall–Kier alpha value is -6.35. The number of nitrogens with two attached hydrogens (primary N) is 1. The number of hydrogen-bond donors (Lipinski definition) is 1. The summed E-state index contributed by atoms with van der Waals surface area (Å²) in [5.74, 6) is 0. The van der Waals surface area contributed by atoms with Crippen LogP contribution >= 0.6 is 11.8 Å². The fraction of sp³-hybridized carbons (Fsp3) is 0.0196. The van der Waals surface area contributed by atoms with Crippen LogP contribution in [0.3, 0.4) is 0 Å². The zero-order valence-corrected chi connectivity index (χ0v) is 29.7. The zero-order valence-electron chi connectivity index (χ0n) is 28.9. The summed E-state index contributed by atoms with van der Waals surface area (Å²) < 4.78 is 0. The number of rotatable bonds is 3. The normalized spacial score (nSPS) is 13.4. The van der Waals surface area contributed by atoms with Crippen LogP contribution in [0.1, 0.15) is 22.3 Å². The Morgan fingerprint density at radius 3 is 1.51 bits per heavy atom. The van der Waals surface area contributed by atoms with Gasteiger partial charge in [0.25, 0.3) is 0 Å². The van der Waals surface area contributed by atoms with Gasteiger partial charge in [0.2, 0.25) is 0 Å². The van der Waals surface area contributed by atoms with E-state index in [9.17, 15) is 0 Å². The Morgan fingerprint density at radius 1 is 0.340 bits per heavy atom.